The lowest BCUT2D eigenvalue weighted by atomic mass is 9.81. The van der Waals surface area contributed by atoms with Crippen molar-refractivity contribution in [3.8, 4) is 0 Å². The third-order valence-corrected chi connectivity index (χ3v) is 2.56. The molecule has 0 rings (SSSR count). The van der Waals surface area contributed by atoms with Crippen LogP contribution >= 0.6 is 0 Å². The van der Waals surface area contributed by atoms with Gasteiger partial charge >= 0.3 is 5.97 Å². The van der Waals surface area contributed by atoms with E-state index in [0.717, 1.165) is 0 Å². The summed E-state index contributed by atoms with van der Waals surface area (Å²) in [5.74, 6) is -0.726. The summed E-state index contributed by atoms with van der Waals surface area (Å²) in [5, 5.41) is 0. The Kier molecular flexibility index (Phi) is 6.13. The van der Waals surface area contributed by atoms with Crippen molar-refractivity contribution in [2.75, 3.05) is 13.3 Å². The molecule has 0 bridgehead atoms. The maximum Gasteiger partial charge on any atom is 0.319 e. The number of ketones is 1. The molecule has 0 spiro atoms. The van der Waals surface area contributed by atoms with E-state index >= 15 is 0 Å². The van der Waals surface area contributed by atoms with Crippen LogP contribution in [0.15, 0.2) is 0 Å². The van der Waals surface area contributed by atoms with Crippen LogP contribution in [0.4, 0.5) is 4.39 Å². The van der Waals surface area contributed by atoms with Crippen molar-refractivity contribution >= 4 is 11.8 Å². The van der Waals surface area contributed by atoms with E-state index in [2.05, 4.69) is 0 Å². The molecule has 0 aliphatic rings. The van der Waals surface area contributed by atoms with E-state index in [0.29, 0.717) is 19.3 Å². The van der Waals surface area contributed by atoms with Gasteiger partial charge in [-0.15, -0.1) is 0 Å². The Morgan fingerprint density at radius 2 is 1.93 bits per heavy atom. The largest absolute Gasteiger partial charge is 0.465 e. The van der Waals surface area contributed by atoms with Crippen molar-refractivity contribution in [1.29, 1.82) is 0 Å². The van der Waals surface area contributed by atoms with Gasteiger partial charge in [0, 0.05) is 0 Å². The fourth-order valence-corrected chi connectivity index (χ4v) is 1.29. The second kappa shape index (κ2) is 6.53. The van der Waals surface area contributed by atoms with Crippen LogP contribution in [-0.2, 0) is 14.3 Å². The van der Waals surface area contributed by atoms with Crippen LogP contribution in [0.25, 0.3) is 0 Å². The number of esters is 1. The number of alkyl halides is 1. The first kappa shape index (κ1) is 14.1. The van der Waals surface area contributed by atoms with E-state index in [1.807, 2.05) is 0 Å². The highest BCUT2D eigenvalue weighted by atomic mass is 19.1. The molecule has 0 aliphatic carbocycles. The van der Waals surface area contributed by atoms with Crippen molar-refractivity contribution in [3.05, 3.63) is 0 Å². The molecular formula is C11H19FO3. The molecule has 0 amide bonds. The zero-order valence-corrected chi connectivity index (χ0v) is 9.64. The zero-order chi connectivity index (χ0) is 11.9. The highest BCUT2D eigenvalue weighted by molar-refractivity contribution is 6.02. The fraction of sp³-hybridized carbons (Fsp3) is 0.818. The van der Waals surface area contributed by atoms with Gasteiger partial charge in [0.2, 0.25) is 0 Å². The number of rotatable bonds is 7. The van der Waals surface area contributed by atoms with E-state index in [4.69, 9.17) is 4.74 Å². The number of hydrogen-bond acceptors (Lipinski definition) is 3. The number of halogens is 1. The lowest BCUT2D eigenvalue weighted by Crippen LogP contribution is -2.36. The summed E-state index contributed by atoms with van der Waals surface area (Å²) in [7, 11) is 0. The van der Waals surface area contributed by atoms with Crippen LogP contribution in [0.1, 0.15) is 40.0 Å². The SMILES string of the molecule is CCOC(=O)C(C)(CCCCF)C(C)=O. The summed E-state index contributed by atoms with van der Waals surface area (Å²) in [4.78, 5) is 22.9. The average Bonchev–Trinajstić information content (AvgIpc) is 2.18. The van der Waals surface area contributed by atoms with Crippen LogP contribution in [0, 0.1) is 5.41 Å². The normalized spacial score (nSPS) is 14.4. The van der Waals surface area contributed by atoms with Crippen LogP contribution in [0.3, 0.4) is 0 Å². The van der Waals surface area contributed by atoms with E-state index < -0.39 is 18.1 Å². The van der Waals surface area contributed by atoms with Gasteiger partial charge in [-0.05, 0) is 40.0 Å². The van der Waals surface area contributed by atoms with Gasteiger partial charge in [-0.3, -0.25) is 14.0 Å². The van der Waals surface area contributed by atoms with Gasteiger partial charge in [-0.1, -0.05) is 0 Å². The molecule has 0 saturated heterocycles. The van der Waals surface area contributed by atoms with Gasteiger partial charge in [-0.2, -0.15) is 0 Å². The molecule has 0 aliphatic heterocycles. The van der Waals surface area contributed by atoms with Gasteiger partial charge in [0.1, 0.15) is 11.2 Å². The van der Waals surface area contributed by atoms with E-state index in [1.165, 1.54) is 6.92 Å². The molecule has 1 atom stereocenters. The number of unbranched alkanes of at least 4 members (excludes halogenated alkanes) is 1. The van der Waals surface area contributed by atoms with Crippen molar-refractivity contribution in [1.82, 2.24) is 0 Å². The number of Topliss-reactive ketones (excluding diaryl/α,β-unsaturated/α-hetero) is 1. The molecule has 0 aromatic carbocycles. The predicted octanol–water partition coefficient (Wildman–Crippen LogP) is 2.28. The molecule has 0 heterocycles. The maximum atomic E-state index is 11.9. The van der Waals surface area contributed by atoms with Gasteiger partial charge in [-0.25, -0.2) is 0 Å². The van der Waals surface area contributed by atoms with E-state index in [-0.39, 0.29) is 12.4 Å². The Balaban J connectivity index is 4.44. The van der Waals surface area contributed by atoms with Gasteiger partial charge < -0.3 is 4.74 Å². The first-order chi connectivity index (χ1) is 6.99. The number of hydrogen-bond donors (Lipinski definition) is 0. The molecule has 4 heteroatoms. The molecule has 3 nitrogen and oxygen atoms in total. The standard InChI is InChI=1S/C11H19FO3/c1-4-15-10(14)11(3,9(2)13)7-5-6-8-12/h4-8H2,1-3H3. The monoisotopic (exact) mass is 218 g/mol. The summed E-state index contributed by atoms with van der Waals surface area (Å²) in [5.41, 5.74) is -1.11. The maximum absolute atomic E-state index is 11.9. The topological polar surface area (TPSA) is 43.4 Å². The molecule has 88 valence electrons. The van der Waals surface area contributed by atoms with E-state index in [1.54, 1.807) is 13.8 Å². The Morgan fingerprint density at radius 3 is 2.33 bits per heavy atom. The Labute approximate surface area is 90.0 Å². The van der Waals surface area contributed by atoms with E-state index in [9.17, 15) is 14.0 Å². The molecule has 0 saturated carbocycles. The molecule has 1 unspecified atom stereocenters. The predicted molar refractivity (Wildman–Crippen MR) is 55.2 cm³/mol. The fourth-order valence-electron chi connectivity index (χ4n) is 1.29. The summed E-state index contributed by atoms with van der Waals surface area (Å²) in [6, 6.07) is 0. The van der Waals surface area contributed by atoms with Gasteiger partial charge in [0.25, 0.3) is 0 Å². The summed E-state index contributed by atoms with van der Waals surface area (Å²) in [6.07, 6.45) is 1.25. The minimum absolute atomic E-state index is 0.222. The van der Waals surface area contributed by atoms with Crippen LogP contribution in [0.5, 0.6) is 0 Å². The van der Waals surface area contributed by atoms with Crippen molar-refractivity contribution in [2.24, 2.45) is 5.41 Å². The lowest BCUT2D eigenvalue weighted by molar-refractivity contribution is -0.159. The molecule has 15 heavy (non-hydrogen) atoms. The van der Waals surface area contributed by atoms with Gasteiger partial charge in [0.15, 0.2) is 0 Å². The first-order valence-electron chi connectivity index (χ1n) is 5.23. The van der Waals surface area contributed by atoms with Crippen LogP contribution in [0.2, 0.25) is 0 Å². The second-order valence-corrected chi connectivity index (χ2v) is 3.75. The van der Waals surface area contributed by atoms with Crippen molar-refractivity contribution in [3.63, 3.8) is 0 Å². The Hall–Kier alpha value is -0.930. The molecule has 0 aromatic heterocycles. The minimum Gasteiger partial charge on any atom is -0.465 e. The molecular weight excluding hydrogens is 199 g/mol. The zero-order valence-electron chi connectivity index (χ0n) is 9.64. The summed E-state index contributed by atoms with van der Waals surface area (Å²) < 4.78 is 16.8. The first-order valence-corrected chi connectivity index (χ1v) is 5.23. The third kappa shape index (κ3) is 3.98. The summed E-state index contributed by atoms with van der Waals surface area (Å²) >= 11 is 0. The second-order valence-electron chi connectivity index (χ2n) is 3.75. The average molecular weight is 218 g/mol. The lowest BCUT2D eigenvalue weighted by Gasteiger charge is -2.23. The van der Waals surface area contributed by atoms with Crippen molar-refractivity contribution < 1.29 is 18.7 Å². The van der Waals surface area contributed by atoms with Crippen molar-refractivity contribution in [2.45, 2.75) is 40.0 Å². The highest BCUT2D eigenvalue weighted by Gasteiger charge is 2.38. The van der Waals surface area contributed by atoms with Crippen LogP contribution < -0.4 is 0 Å². The molecule has 0 radical (unpaired) electrons. The Bertz CT molecular complexity index is 228. The minimum atomic E-state index is -1.11. The molecule has 0 aromatic rings. The number of carbonyl (C=O) groups is 2. The quantitative estimate of drug-likeness (QED) is 0.374. The van der Waals surface area contributed by atoms with Crippen LogP contribution in [-0.4, -0.2) is 25.0 Å². The third-order valence-electron chi connectivity index (χ3n) is 2.56. The summed E-state index contributed by atoms with van der Waals surface area (Å²) in [6.45, 7) is 4.46. The molecule has 0 N–H and O–H groups in total. The number of carbonyl (C=O) groups excluding carboxylic acids is 2. The smallest absolute Gasteiger partial charge is 0.319 e. The Morgan fingerprint density at radius 1 is 1.33 bits per heavy atom. The van der Waals surface area contributed by atoms with Gasteiger partial charge in [0.05, 0.1) is 13.3 Å². The molecule has 0 fully saturated rings. The highest BCUT2D eigenvalue weighted by Crippen LogP contribution is 2.27. The number of ether oxygens (including phenoxy) is 1.